The molecule has 0 saturated heterocycles. The average molecular weight is 646 g/mol. The van der Waals surface area contributed by atoms with Gasteiger partial charge in [-0.3, -0.25) is 9.59 Å². The number of fused-ring (bicyclic) bond motifs is 1. The van der Waals surface area contributed by atoms with Gasteiger partial charge in [-0.15, -0.1) is 0 Å². The van der Waals surface area contributed by atoms with Crippen LogP contribution < -0.4 is 15.8 Å². The molecule has 0 unspecified atom stereocenters. The highest BCUT2D eigenvalue weighted by atomic mass is 16.5. The van der Waals surface area contributed by atoms with E-state index >= 15 is 0 Å². The van der Waals surface area contributed by atoms with Crippen LogP contribution in [-0.2, 0) is 22.4 Å². The van der Waals surface area contributed by atoms with E-state index in [9.17, 15) is 24.9 Å². The molecular weight excluding hydrogens is 594 g/mol. The minimum absolute atomic E-state index is 0.0380. The fourth-order valence-electron chi connectivity index (χ4n) is 8.09. The van der Waals surface area contributed by atoms with Gasteiger partial charge in [-0.2, -0.15) is 0 Å². The van der Waals surface area contributed by atoms with Crippen molar-refractivity contribution in [2.45, 2.75) is 89.6 Å². The number of hydrogen-bond acceptors (Lipinski definition) is 8. The van der Waals surface area contributed by atoms with Crippen molar-refractivity contribution in [3.8, 4) is 11.5 Å². The van der Waals surface area contributed by atoms with Gasteiger partial charge in [0.05, 0.1) is 13.7 Å². The summed E-state index contributed by atoms with van der Waals surface area (Å²) in [5, 5.41) is 36.3. The number of aromatic hydroxyl groups is 1. The normalized spacial score (nSPS) is 24.7. The number of hydrogen-bond donors (Lipinski definition) is 6. The Labute approximate surface area is 278 Å². The van der Waals surface area contributed by atoms with E-state index in [0.717, 1.165) is 29.7 Å². The van der Waals surface area contributed by atoms with Crippen LogP contribution in [-0.4, -0.2) is 58.2 Å². The number of aryl methyl sites for hydroxylation is 1. The van der Waals surface area contributed by atoms with Gasteiger partial charge in [0.25, 0.3) is 0 Å². The Bertz CT molecular complexity index is 1510. The zero-order valence-electron chi connectivity index (χ0n) is 27.8. The summed E-state index contributed by atoms with van der Waals surface area (Å²) in [6.45, 7) is 2.53. The number of H-pyrrole nitrogens is 1. The maximum absolute atomic E-state index is 13.0. The monoisotopic (exact) mass is 645 g/mol. The lowest BCUT2D eigenvalue weighted by Gasteiger charge is -2.43. The Hall–Kier alpha value is -3.82. The minimum Gasteiger partial charge on any atom is -0.504 e. The number of aliphatic hydroxyl groups excluding tert-OH is 2. The molecule has 0 bridgehead atoms. The number of carbonyl (C=O) groups is 2. The molecular formula is C38H51N3O6. The number of ketones is 2. The molecule has 2 heterocycles. The quantitative estimate of drug-likeness (QED) is 0.146. The van der Waals surface area contributed by atoms with Gasteiger partial charge >= 0.3 is 0 Å². The van der Waals surface area contributed by atoms with Gasteiger partial charge < -0.3 is 36.1 Å². The first-order chi connectivity index (χ1) is 22.7. The van der Waals surface area contributed by atoms with Gasteiger partial charge in [0.15, 0.2) is 29.2 Å². The second-order valence-electron chi connectivity index (χ2n) is 13.6. The molecule has 1 aromatic carbocycles. The summed E-state index contributed by atoms with van der Waals surface area (Å²) in [6, 6.07) is 7.39. The largest absolute Gasteiger partial charge is 0.504 e. The summed E-state index contributed by atoms with van der Waals surface area (Å²) in [7, 11) is 1.47. The summed E-state index contributed by atoms with van der Waals surface area (Å²) < 4.78 is 5.59. The molecule has 0 amide bonds. The first-order valence-electron chi connectivity index (χ1n) is 17.2. The second-order valence-corrected chi connectivity index (χ2v) is 13.6. The lowest BCUT2D eigenvalue weighted by atomic mass is 9.61. The van der Waals surface area contributed by atoms with Crippen molar-refractivity contribution >= 4 is 11.6 Å². The molecule has 5 atom stereocenters. The SMILES string of the molecule is CC[C@H]1CCCC[C@@H]1CCCC(=O)[C@H](O)C(=O)CCc1cc(OC)c(O)c([C@@H]2C3=CCNC(N)=C3C=C[C@@]2(CO)Cc2ccc[nH]2)c1. The van der Waals surface area contributed by atoms with E-state index in [0.29, 0.717) is 48.2 Å². The summed E-state index contributed by atoms with van der Waals surface area (Å²) in [6.07, 6.45) is 14.8. The molecule has 2 aliphatic carbocycles. The first kappa shape index (κ1) is 34.5. The summed E-state index contributed by atoms with van der Waals surface area (Å²) in [5.41, 5.74) is 9.40. The Balaban J connectivity index is 1.34. The van der Waals surface area contributed by atoms with Crippen LogP contribution in [0.4, 0.5) is 0 Å². The van der Waals surface area contributed by atoms with Gasteiger partial charge in [0, 0.05) is 53.7 Å². The van der Waals surface area contributed by atoms with Gasteiger partial charge in [-0.25, -0.2) is 0 Å². The molecule has 0 spiro atoms. The molecule has 1 saturated carbocycles. The van der Waals surface area contributed by atoms with Crippen LogP contribution in [0.3, 0.4) is 0 Å². The van der Waals surface area contributed by atoms with Gasteiger partial charge in [-0.1, -0.05) is 63.3 Å². The molecule has 1 fully saturated rings. The Morgan fingerprint density at radius 1 is 1.15 bits per heavy atom. The number of allylic oxidation sites excluding steroid dienone is 3. The molecule has 2 aromatic rings. The number of ether oxygens (including phenoxy) is 1. The van der Waals surface area contributed by atoms with Crippen molar-refractivity contribution < 1.29 is 29.6 Å². The predicted octanol–water partition coefficient (Wildman–Crippen LogP) is 5.12. The number of benzene rings is 1. The Kier molecular flexibility index (Phi) is 11.3. The van der Waals surface area contributed by atoms with Gasteiger partial charge in [-0.05, 0) is 66.9 Å². The van der Waals surface area contributed by atoms with E-state index in [1.807, 2.05) is 42.6 Å². The van der Waals surface area contributed by atoms with Crippen LogP contribution in [0.15, 0.2) is 65.7 Å². The topological polar surface area (TPSA) is 158 Å². The predicted molar refractivity (Wildman–Crippen MR) is 182 cm³/mol. The van der Waals surface area contributed by atoms with Crippen molar-refractivity contribution in [2.75, 3.05) is 20.3 Å². The van der Waals surface area contributed by atoms with Crippen molar-refractivity contribution in [2.24, 2.45) is 23.0 Å². The van der Waals surface area contributed by atoms with Gasteiger partial charge in [0.1, 0.15) is 5.82 Å². The number of nitrogens with one attached hydrogen (secondary N) is 2. The third kappa shape index (κ3) is 7.52. The summed E-state index contributed by atoms with van der Waals surface area (Å²) in [5.74, 6) is 0.628. The first-order valence-corrected chi connectivity index (χ1v) is 17.2. The van der Waals surface area contributed by atoms with Crippen LogP contribution in [0.5, 0.6) is 11.5 Å². The molecule has 5 rings (SSSR count). The van der Waals surface area contributed by atoms with Crippen molar-refractivity contribution in [1.82, 2.24) is 10.3 Å². The maximum Gasteiger partial charge on any atom is 0.170 e. The third-order valence-corrected chi connectivity index (χ3v) is 10.7. The summed E-state index contributed by atoms with van der Waals surface area (Å²) in [4.78, 5) is 29.1. The second kappa shape index (κ2) is 15.4. The number of phenols is 1. The number of Topliss-reactive ketones (excluding diaryl/α,β-unsaturated/α-hetero) is 2. The Morgan fingerprint density at radius 2 is 1.91 bits per heavy atom. The molecule has 7 N–H and O–H groups in total. The van der Waals surface area contributed by atoms with Crippen molar-refractivity contribution in [3.05, 3.63) is 82.5 Å². The van der Waals surface area contributed by atoms with Crippen molar-refractivity contribution in [1.29, 1.82) is 0 Å². The van der Waals surface area contributed by atoms with E-state index in [2.05, 4.69) is 17.2 Å². The average Bonchev–Trinajstić information content (AvgIpc) is 3.60. The lowest BCUT2D eigenvalue weighted by molar-refractivity contribution is -0.138. The number of aliphatic hydroxyl groups is 2. The number of dihydropyridines is 1. The molecule has 47 heavy (non-hydrogen) atoms. The van der Waals surface area contributed by atoms with Crippen LogP contribution in [0.25, 0.3) is 0 Å². The fraction of sp³-hybridized carbons (Fsp3) is 0.526. The Morgan fingerprint density at radius 3 is 2.62 bits per heavy atom. The molecule has 254 valence electrons. The lowest BCUT2D eigenvalue weighted by Crippen LogP contribution is -2.40. The molecule has 9 heteroatoms. The molecule has 1 aromatic heterocycles. The maximum atomic E-state index is 13.0. The third-order valence-electron chi connectivity index (χ3n) is 10.7. The van der Waals surface area contributed by atoms with Crippen LogP contribution in [0.2, 0.25) is 0 Å². The van der Waals surface area contributed by atoms with Crippen molar-refractivity contribution in [3.63, 3.8) is 0 Å². The molecule has 9 nitrogen and oxygen atoms in total. The highest BCUT2D eigenvalue weighted by Crippen LogP contribution is 2.54. The van der Waals surface area contributed by atoms with E-state index in [4.69, 9.17) is 10.5 Å². The van der Waals surface area contributed by atoms with E-state index in [1.165, 1.54) is 32.8 Å². The molecule has 3 aliphatic rings. The number of phenolic OH excluding ortho intramolecular Hbond substituents is 1. The molecule has 0 radical (unpaired) electrons. The minimum atomic E-state index is -1.64. The zero-order chi connectivity index (χ0) is 33.6. The van der Waals surface area contributed by atoms with Gasteiger partial charge in [0.2, 0.25) is 0 Å². The smallest absolute Gasteiger partial charge is 0.170 e. The van der Waals surface area contributed by atoms with Crippen LogP contribution in [0.1, 0.15) is 87.4 Å². The highest BCUT2D eigenvalue weighted by molar-refractivity contribution is 6.05. The number of methoxy groups -OCH3 is 1. The zero-order valence-corrected chi connectivity index (χ0v) is 27.8. The molecule has 1 aliphatic heterocycles. The van der Waals surface area contributed by atoms with E-state index in [1.54, 1.807) is 6.07 Å². The van der Waals surface area contributed by atoms with E-state index < -0.39 is 29.0 Å². The van der Waals surface area contributed by atoms with Crippen LogP contribution >= 0.6 is 0 Å². The number of carbonyl (C=O) groups excluding carboxylic acids is 2. The highest BCUT2D eigenvalue weighted by Gasteiger charge is 2.45. The fourth-order valence-corrected chi connectivity index (χ4v) is 8.09. The summed E-state index contributed by atoms with van der Waals surface area (Å²) >= 11 is 0. The number of rotatable bonds is 15. The van der Waals surface area contributed by atoms with Crippen LogP contribution in [0, 0.1) is 17.3 Å². The number of aromatic amines is 1. The van der Waals surface area contributed by atoms with E-state index in [-0.39, 0.29) is 37.4 Å². The number of aromatic nitrogens is 1. The number of nitrogens with two attached hydrogens (primary N) is 1. The standard InChI is InChI=1S/C38H51N3O6/c1-3-25-8-4-5-9-26(25)10-6-12-31(43)36(46)32(44)14-13-24-20-30(35(45)33(21-24)47-2)34-28-16-19-41-37(39)29(28)15-17-38(34,23-42)22-27-11-7-18-40-27/h7,11,15-18,20-21,25-26,34,36,40-42,45-46H,3-6,8-10,12-14,19,22-23,39H2,1-2H3/t25-,26+,34-,36-,38-/m0/s1.